The highest BCUT2D eigenvalue weighted by Crippen LogP contribution is 2.25. The number of hydrogen-bond donors (Lipinski definition) is 3. The molecule has 0 aliphatic carbocycles. The van der Waals surface area contributed by atoms with Crippen molar-refractivity contribution in [1.82, 2.24) is 10.6 Å². The smallest absolute Gasteiger partial charge is 0.257 e. The van der Waals surface area contributed by atoms with Crippen molar-refractivity contribution >= 4 is 21.8 Å². The Morgan fingerprint density at radius 2 is 2.35 bits per heavy atom. The standard InChI is InChI=1S/C13H16BrFN2O3/c14-10-3-9(15)1-2-12(10)20-7-13(19)17-5-8-4-16-6-11(8)18/h1-3,8,11,16,18H,4-7H2,(H,17,19). The summed E-state index contributed by atoms with van der Waals surface area (Å²) >= 11 is 3.16. The van der Waals surface area contributed by atoms with E-state index >= 15 is 0 Å². The Labute approximate surface area is 124 Å². The molecule has 1 aliphatic heterocycles. The number of hydrogen-bond acceptors (Lipinski definition) is 4. The summed E-state index contributed by atoms with van der Waals surface area (Å²) in [4.78, 5) is 11.6. The zero-order valence-electron chi connectivity index (χ0n) is 10.7. The molecule has 0 bridgehead atoms. The molecule has 1 aromatic carbocycles. The van der Waals surface area contributed by atoms with Crippen LogP contribution in [0, 0.1) is 11.7 Å². The summed E-state index contributed by atoms with van der Waals surface area (Å²) in [6.07, 6.45) is -0.428. The van der Waals surface area contributed by atoms with Gasteiger partial charge in [0.1, 0.15) is 11.6 Å². The molecular formula is C13H16BrFN2O3. The topological polar surface area (TPSA) is 70.6 Å². The predicted octanol–water partition coefficient (Wildman–Crippen LogP) is 0.663. The van der Waals surface area contributed by atoms with Gasteiger partial charge < -0.3 is 20.5 Å². The molecule has 1 aliphatic rings. The van der Waals surface area contributed by atoms with Gasteiger partial charge in [-0.3, -0.25) is 4.79 Å². The molecule has 20 heavy (non-hydrogen) atoms. The molecule has 2 atom stereocenters. The summed E-state index contributed by atoms with van der Waals surface area (Å²) in [5.41, 5.74) is 0. The number of benzene rings is 1. The zero-order chi connectivity index (χ0) is 14.5. The van der Waals surface area contributed by atoms with Crippen molar-refractivity contribution < 1.29 is 19.0 Å². The number of aliphatic hydroxyl groups is 1. The third-order valence-electron chi connectivity index (χ3n) is 3.12. The SMILES string of the molecule is O=C(COc1ccc(F)cc1Br)NCC1CNCC1O. The van der Waals surface area contributed by atoms with Crippen LogP contribution in [0.25, 0.3) is 0 Å². The number of aliphatic hydroxyl groups excluding tert-OH is 1. The number of halogens is 2. The van der Waals surface area contributed by atoms with Crippen molar-refractivity contribution in [2.24, 2.45) is 5.92 Å². The lowest BCUT2D eigenvalue weighted by molar-refractivity contribution is -0.123. The summed E-state index contributed by atoms with van der Waals surface area (Å²) in [5, 5.41) is 15.3. The average molecular weight is 347 g/mol. The van der Waals surface area contributed by atoms with Gasteiger partial charge in [0.2, 0.25) is 0 Å². The van der Waals surface area contributed by atoms with Crippen molar-refractivity contribution in [3.8, 4) is 5.75 Å². The Bertz CT molecular complexity index is 487. The summed E-state index contributed by atoms with van der Waals surface area (Å²) in [6, 6.07) is 3.99. The van der Waals surface area contributed by atoms with Gasteiger partial charge in [0.05, 0.1) is 10.6 Å². The molecule has 1 heterocycles. The van der Waals surface area contributed by atoms with E-state index in [1.165, 1.54) is 18.2 Å². The quantitative estimate of drug-likeness (QED) is 0.732. The van der Waals surface area contributed by atoms with Crippen LogP contribution in [0.1, 0.15) is 0 Å². The molecule has 3 N–H and O–H groups in total. The second-order valence-electron chi connectivity index (χ2n) is 4.65. The van der Waals surface area contributed by atoms with Crippen molar-refractivity contribution in [2.75, 3.05) is 26.2 Å². The Morgan fingerprint density at radius 3 is 3.00 bits per heavy atom. The maximum atomic E-state index is 12.9. The number of rotatable bonds is 5. The minimum absolute atomic E-state index is 0.0245. The molecule has 1 fully saturated rings. The Balaban J connectivity index is 1.74. The normalized spacial score (nSPS) is 21.8. The molecule has 110 valence electrons. The van der Waals surface area contributed by atoms with Crippen molar-refractivity contribution in [3.05, 3.63) is 28.5 Å². The van der Waals surface area contributed by atoms with Crippen LogP contribution in [0.15, 0.2) is 22.7 Å². The van der Waals surface area contributed by atoms with E-state index in [-0.39, 0.29) is 24.2 Å². The van der Waals surface area contributed by atoms with Gasteiger partial charge in [-0.15, -0.1) is 0 Å². The Kier molecular flexibility index (Phi) is 5.33. The van der Waals surface area contributed by atoms with E-state index in [4.69, 9.17) is 4.74 Å². The zero-order valence-corrected chi connectivity index (χ0v) is 12.3. The maximum Gasteiger partial charge on any atom is 0.257 e. The van der Waals surface area contributed by atoms with E-state index in [1.807, 2.05) is 0 Å². The van der Waals surface area contributed by atoms with Gasteiger partial charge >= 0.3 is 0 Å². The summed E-state index contributed by atoms with van der Waals surface area (Å²) in [7, 11) is 0. The summed E-state index contributed by atoms with van der Waals surface area (Å²) in [6.45, 7) is 1.49. The van der Waals surface area contributed by atoms with E-state index in [1.54, 1.807) is 0 Å². The molecular weight excluding hydrogens is 331 g/mol. The third-order valence-corrected chi connectivity index (χ3v) is 3.74. The molecule has 0 radical (unpaired) electrons. The lowest BCUT2D eigenvalue weighted by atomic mass is 10.1. The van der Waals surface area contributed by atoms with Crippen molar-refractivity contribution in [3.63, 3.8) is 0 Å². The number of carbonyl (C=O) groups is 1. The molecule has 7 heteroatoms. The molecule has 5 nitrogen and oxygen atoms in total. The fourth-order valence-corrected chi connectivity index (χ4v) is 2.42. The molecule has 1 aromatic rings. The lowest BCUT2D eigenvalue weighted by Gasteiger charge is -2.14. The van der Waals surface area contributed by atoms with E-state index < -0.39 is 6.10 Å². The van der Waals surface area contributed by atoms with E-state index in [0.717, 1.165) is 0 Å². The maximum absolute atomic E-state index is 12.9. The van der Waals surface area contributed by atoms with Crippen LogP contribution in [0.3, 0.4) is 0 Å². The fraction of sp³-hybridized carbons (Fsp3) is 0.462. The number of nitrogens with one attached hydrogen (secondary N) is 2. The molecule has 0 aromatic heterocycles. The first kappa shape index (κ1) is 15.2. The Morgan fingerprint density at radius 1 is 1.55 bits per heavy atom. The minimum atomic E-state index is -0.428. The monoisotopic (exact) mass is 346 g/mol. The van der Waals surface area contributed by atoms with E-state index in [9.17, 15) is 14.3 Å². The van der Waals surface area contributed by atoms with Crippen LogP contribution in [0.5, 0.6) is 5.75 Å². The fourth-order valence-electron chi connectivity index (χ4n) is 1.96. The highest BCUT2D eigenvalue weighted by molar-refractivity contribution is 9.10. The van der Waals surface area contributed by atoms with Gasteiger partial charge in [0.15, 0.2) is 6.61 Å². The number of amides is 1. The third kappa shape index (κ3) is 4.16. The number of β-amino-alcohol motifs (C(OH)–C–C–N with tert-alkyl or cyclic N) is 1. The van der Waals surface area contributed by atoms with Crippen LogP contribution < -0.4 is 15.4 Å². The molecule has 0 saturated carbocycles. The van der Waals surface area contributed by atoms with Gasteiger partial charge in [0.25, 0.3) is 5.91 Å². The first-order valence-corrected chi connectivity index (χ1v) is 7.09. The number of carbonyl (C=O) groups excluding carboxylic acids is 1. The second-order valence-corrected chi connectivity index (χ2v) is 5.51. The minimum Gasteiger partial charge on any atom is -0.483 e. The average Bonchev–Trinajstić information content (AvgIpc) is 2.81. The second kappa shape index (κ2) is 7.01. The van der Waals surface area contributed by atoms with Gasteiger partial charge in [0, 0.05) is 25.6 Å². The highest BCUT2D eigenvalue weighted by Gasteiger charge is 2.24. The molecule has 2 unspecified atom stereocenters. The van der Waals surface area contributed by atoms with E-state index in [0.29, 0.717) is 29.9 Å². The van der Waals surface area contributed by atoms with Crippen molar-refractivity contribution in [2.45, 2.75) is 6.10 Å². The van der Waals surface area contributed by atoms with Gasteiger partial charge in [-0.1, -0.05) is 0 Å². The number of ether oxygens (including phenoxy) is 1. The largest absolute Gasteiger partial charge is 0.483 e. The van der Waals surface area contributed by atoms with Crippen LogP contribution in [0.4, 0.5) is 4.39 Å². The summed E-state index contributed by atoms with van der Waals surface area (Å²) in [5.74, 6) is -0.225. The van der Waals surface area contributed by atoms with Crippen molar-refractivity contribution in [1.29, 1.82) is 0 Å². The molecule has 2 rings (SSSR count). The first-order chi connectivity index (χ1) is 9.56. The first-order valence-electron chi connectivity index (χ1n) is 6.29. The predicted molar refractivity (Wildman–Crippen MR) is 75.0 cm³/mol. The Hall–Kier alpha value is -1.18. The highest BCUT2D eigenvalue weighted by atomic mass is 79.9. The van der Waals surface area contributed by atoms with Gasteiger partial charge in [-0.05, 0) is 34.1 Å². The van der Waals surface area contributed by atoms with Gasteiger partial charge in [-0.2, -0.15) is 0 Å². The lowest BCUT2D eigenvalue weighted by Crippen LogP contribution is -2.36. The van der Waals surface area contributed by atoms with Gasteiger partial charge in [-0.25, -0.2) is 4.39 Å². The van der Waals surface area contributed by atoms with E-state index in [2.05, 4.69) is 26.6 Å². The van der Waals surface area contributed by atoms with Crippen LogP contribution in [-0.4, -0.2) is 43.4 Å². The molecule has 0 spiro atoms. The molecule has 1 saturated heterocycles. The molecule has 1 amide bonds. The van der Waals surface area contributed by atoms with Crippen LogP contribution in [-0.2, 0) is 4.79 Å². The van der Waals surface area contributed by atoms with Crippen LogP contribution in [0.2, 0.25) is 0 Å². The van der Waals surface area contributed by atoms with Crippen LogP contribution >= 0.6 is 15.9 Å². The summed E-state index contributed by atoms with van der Waals surface area (Å²) < 4.78 is 18.6.